The predicted octanol–water partition coefficient (Wildman–Crippen LogP) is 5.37. The molecular weight excluding hydrogens is 425 g/mol. The van der Waals surface area contributed by atoms with Gasteiger partial charge in [0.25, 0.3) is 0 Å². The molecule has 0 saturated carbocycles. The summed E-state index contributed by atoms with van der Waals surface area (Å²) in [6.45, 7) is 9.67. The molecule has 3 nitrogen and oxygen atoms in total. The van der Waals surface area contributed by atoms with E-state index in [4.69, 9.17) is 0 Å². The van der Waals surface area contributed by atoms with Crippen LogP contribution in [0.3, 0.4) is 0 Å². The molecule has 0 spiro atoms. The molecule has 1 unspecified atom stereocenters. The van der Waals surface area contributed by atoms with Crippen LogP contribution in [0.4, 0.5) is 0 Å². The van der Waals surface area contributed by atoms with Gasteiger partial charge in [-0.1, -0.05) is 51.5 Å². The minimum Gasteiger partial charge on any atom is -0.668 e. The van der Waals surface area contributed by atoms with Crippen molar-refractivity contribution in [2.45, 2.75) is 39.7 Å². The molecule has 0 N–H and O–H groups in total. The van der Waals surface area contributed by atoms with Gasteiger partial charge in [-0.2, -0.15) is 28.2 Å². The fourth-order valence-electron chi connectivity index (χ4n) is 1.36. The van der Waals surface area contributed by atoms with Gasteiger partial charge in [-0.05, 0) is 12.3 Å². The Labute approximate surface area is 153 Å². The average Bonchev–Trinajstić information content (AvgIpc) is 2.80. The van der Waals surface area contributed by atoms with E-state index in [2.05, 4.69) is 61.9 Å². The SMILES string of the molecule is CC(C[N-]C(C)(C)C)C1=CC=CC1.C[N-]C.C[N-]C.[CH3-].[Hf+4]. The third-order valence-electron chi connectivity index (χ3n) is 2.27. The first-order valence-electron chi connectivity index (χ1n) is 6.82. The first-order valence-corrected chi connectivity index (χ1v) is 6.82. The molecule has 4 heteroatoms. The van der Waals surface area contributed by atoms with Gasteiger partial charge in [0.1, 0.15) is 0 Å². The Morgan fingerprint density at radius 2 is 1.52 bits per heavy atom. The third-order valence-corrected chi connectivity index (χ3v) is 2.27. The minimum absolute atomic E-state index is 0. The summed E-state index contributed by atoms with van der Waals surface area (Å²) in [7, 11) is 7.00. The molecule has 1 rings (SSSR count). The molecule has 0 bridgehead atoms. The van der Waals surface area contributed by atoms with Gasteiger partial charge < -0.3 is 23.4 Å². The zero-order valence-electron chi connectivity index (χ0n) is 15.6. The second-order valence-corrected chi connectivity index (χ2v) is 5.68. The van der Waals surface area contributed by atoms with E-state index in [-0.39, 0.29) is 38.8 Å². The van der Waals surface area contributed by atoms with E-state index in [9.17, 15) is 0 Å². The second-order valence-electron chi connectivity index (χ2n) is 5.68. The summed E-state index contributed by atoms with van der Waals surface area (Å²) in [5.74, 6) is 0.606. The second kappa shape index (κ2) is 18.3. The van der Waals surface area contributed by atoms with Crippen LogP contribution < -0.4 is 0 Å². The zero-order valence-corrected chi connectivity index (χ0v) is 19.2. The van der Waals surface area contributed by atoms with Crippen molar-refractivity contribution in [1.29, 1.82) is 0 Å². The summed E-state index contributed by atoms with van der Waals surface area (Å²) in [5, 5.41) is 11.6. The number of allylic oxidation sites excluding steroid dienone is 3. The van der Waals surface area contributed by atoms with Crippen molar-refractivity contribution in [3.05, 3.63) is 47.2 Å². The molecule has 0 saturated heterocycles. The van der Waals surface area contributed by atoms with Crippen LogP contribution >= 0.6 is 0 Å². The largest absolute Gasteiger partial charge is 4.00 e. The van der Waals surface area contributed by atoms with E-state index < -0.39 is 0 Å². The van der Waals surface area contributed by atoms with Crippen LogP contribution in [-0.4, -0.2) is 40.3 Å². The van der Waals surface area contributed by atoms with Crippen molar-refractivity contribution in [2.75, 3.05) is 34.7 Å². The van der Waals surface area contributed by atoms with Gasteiger partial charge in [0.05, 0.1) is 0 Å². The first-order chi connectivity index (χ1) is 8.82. The van der Waals surface area contributed by atoms with Crippen molar-refractivity contribution in [3.63, 3.8) is 0 Å². The smallest absolute Gasteiger partial charge is 0.668 e. The van der Waals surface area contributed by atoms with Crippen LogP contribution in [0.25, 0.3) is 16.0 Å². The molecule has 0 aromatic heterocycles. The Hall–Kier alpha value is 0.230. The van der Waals surface area contributed by atoms with Gasteiger partial charge in [-0.15, -0.1) is 12.1 Å². The molecule has 122 valence electrons. The molecule has 1 aliphatic rings. The van der Waals surface area contributed by atoms with Crippen molar-refractivity contribution in [3.8, 4) is 0 Å². The van der Waals surface area contributed by atoms with Gasteiger partial charge in [0, 0.05) is 0 Å². The van der Waals surface area contributed by atoms with E-state index in [1.807, 2.05) is 0 Å². The fraction of sp³-hybridized carbons (Fsp3) is 0.706. The van der Waals surface area contributed by atoms with Crippen LogP contribution in [0.15, 0.2) is 23.8 Å². The van der Waals surface area contributed by atoms with Crippen LogP contribution in [0.1, 0.15) is 34.1 Å². The van der Waals surface area contributed by atoms with Gasteiger partial charge in [0.15, 0.2) is 0 Å². The van der Waals surface area contributed by atoms with Gasteiger partial charge >= 0.3 is 25.8 Å². The number of hydrogen-bond donors (Lipinski definition) is 0. The topological polar surface area (TPSA) is 42.3 Å². The fourth-order valence-corrected chi connectivity index (χ4v) is 1.36. The van der Waals surface area contributed by atoms with Crippen LogP contribution in [-0.2, 0) is 25.8 Å². The Bertz CT molecular complexity index is 253. The van der Waals surface area contributed by atoms with Crippen molar-refractivity contribution in [1.82, 2.24) is 0 Å². The molecule has 0 aromatic rings. The maximum Gasteiger partial charge on any atom is 4.00 e. The standard InChI is InChI=1S/C12H20N.2C2H6N.CH3.Hf/c1-10(9-13-12(2,3)4)11-7-5-6-8-11;2*1-3-2;;/h5-7,10H,8-9H2,1-4H3;2*1-2H3;1H3;/q4*-1;+4. The molecule has 0 aliphatic heterocycles. The van der Waals surface area contributed by atoms with Crippen molar-refractivity contribution < 1.29 is 25.8 Å². The van der Waals surface area contributed by atoms with E-state index in [0.717, 1.165) is 13.0 Å². The summed E-state index contributed by atoms with van der Waals surface area (Å²) in [4.78, 5) is 0. The summed E-state index contributed by atoms with van der Waals surface area (Å²) in [6.07, 6.45) is 7.70. The first kappa shape index (κ1) is 29.3. The molecule has 0 amide bonds. The molecule has 0 radical (unpaired) electrons. The van der Waals surface area contributed by atoms with E-state index in [1.165, 1.54) is 5.57 Å². The van der Waals surface area contributed by atoms with Crippen LogP contribution in [0, 0.1) is 13.3 Å². The molecule has 0 aromatic carbocycles. The number of rotatable bonds is 3. The van der Waals surface area contributed by atoms with E-state index >= 15 is 0 Å². The molecule has 1 aliphatic carbocycles. The van der Waals surface area contributed by atoms with Crippen LogP contribution in [0.2, 0.25) is 0 Å². The minimum atomic E-state index is 0. The number of hydrogen-bond acceptors (Lipinski definition) is 0. The van der Waals surface area contributed by atoms with Gasteiger partial charge in [0.2, 0.25) is 0 Å². The summed E-state index contributed by atoms with van der Waals surface area (Å²) in [6, 6.07) is 0. The Morgan fingerprint density at radius 1 is 1.10 bits per heavy atom. The quantitative estimate of drug-likeness (QED) is 0.402. The summed E-state index contributed by atoms with van der Waals surface area (Å²) >= 11 is 0. The van der Waals surface area contributed by atoms with Crippen LogP contribution in [0.5, 0.6) is 0 Å². The van der Waals surface area contributed by atoms with E-state index in [1.54, 1.807) is 28.2 Å². The Morgan fingerprint density at radius 3 is 1.81 bits per heavy atom. The van der Waals surface area contributed by atoms with Gasteiger partial charge in [-0.3, -0.25) is 0 Å². The monoisotopic (exact) mass is 461 g/mol. The Kier molecular flexibility index (Phi) is 25.5. The normalized spacial score (nSPS) is 13.4. The molecule has 1 atom stereocenters. The zero-order chi connectivity index (χ0) is 15.3. The molecular formula is C17H35HfN3. The predicted molar refractivity (Wildman–Crippen MR) is 95.8 cm³/mol. The third kappa shape index (κ3) is 22.6. The summed E-state index contributed by atoms with van der Waals surface area (Å²) < 4.78 is 0. The Balaban J connectivity index is -0.000000157. The van der Waals surface area contributed by atoms with Gasteiger partial charge in [-0.25, -0.2) is 0 Å². The van der Waals surface area contributed by atoms with Crippen molar-refractivity contribution >= 4 is 0 Å². The number of nitrogens with zero attached hydrogens (tertiary/aromatic N) is 3. The molecule has 21 heavy (non-hydrogen) atoms. The molecule has 0 heterocycles. The van der Waals surface area contributed by atoms with Crippen molar-refractivity contribution in [2.24, 2.45) is 5.92 Å². The maximum absolute atomic E-state index is 4.63. The molecule has 0 fully saturated rings. The maximum atomic E-state index is 4.63. The van der Waals surface area contributed by atoms with E-state index in [0.29, 0.717) is 5.92 Å². The summed E-state index contributed by atoms with van der Waals surface area (Å²) in [5.41, 5.74) is 1.63. The average molecular weight is 460 g/mol.